The number of nitrogens with two attached hydrogens (primary N) is 1. The molecule has 34 heavy (non-hydrogen) atoms. The van der Waals surface area contributed by atoms with Gasteiger partial charge in [-0.15, -0.1) is 0 Å². The van der Waals surface area contributed by atoms with Crippen molar-refractivity contribution in [2.75, 3.05) is 26.3 Å². The van der Waals surface area contributed by atoms with Crippen molar-refractivity contribution in [3.63, 3.8) is 0 Å². The van der Waals surface area contributed by atoms with Crippen molar-refractivity contribution in [3.8, 4) is 17.2 Å². The van der Waals surface area contributed by atoms with Crippen molar-refractivity contribution in [3.05, 3.63) is 59.6 Å². The fourth-order valence-electron chi connectivity index (χ4n) is 3.47. The van der Waals surface area contributed by atoms with E-state index in [4.69, 9.17) is 25.4 Å². The molecular weight excluding hydrogens is 438 g/mol. The number of benzene rings is 1. The molecule has 1 atom stereocenters. The normalized spacial score (nSPS) is 17.6. The van der Waals surface area contributed by atoms with Gasteiger partial charge in [-0.2, -0.15) is 0 Å². The number of ether oxygens (including phenoxy) is 3. The average molecular weight is 466 g/mol. The molecule has 0 spiro atoms. The molecule has 2 aliphatic heterocycles. The second-order valence-corrected chi connectivity index (χ2v) is 8.18. The van der Waals surface area contributed by atoms with Gasteiger partial charge >= 0.3 is 0 Å². The Hall–Kier alpha value is -3.92. The summed E-state index contributed by atoms with van der Waals surface area (Å²) in [5.41, 5.74) is 6.58. The summed E-state index contributed by atoms with van der Waals surface area (Å²) in [7, 11) is 0. The van der Waals surface area contributed by atoms with E-state index in [0.717, 1.165) is 25.9 Å². The van der Waals surface area contributed by atoms with E-state index in [1.807, 2.05) is 0 Å². The van der Waals surface area contributed by atoms with E-state index in [1.54, 1.807) is 42.2 Å². The Labute approximate surface area is 197 Å². The van der Waals surface area contributed by atoms with E-state index in [0.29, 0.717) is 41.9 Å². The lowest BCUT2D eigenvalue weighted by Gasteiger charge is -2.30. The fraction of sp³-hybridized carbons (Fsp3) is 0.333. The molecule has 10 nitrogen and oxygen atoms in total. The number of hydrogen-bond acceptors (Lipinski definition) is 8. The molecule has 1 aromatic carbocycles. The Bertz CT molecular complexity index is 1100. The largest absolute Gasteiger partial charge is 0.488 e. The summed E-state index contributed by atoms with van der Waals surface area (Å²) in [5.74, 6) is 0.455. The van der Waals surface area contributed by atoms with Crippen LogP contribution in [0.1, 0.15) is 40.6 Å². The van der Waals surface area contributed by atoms with E-state index in [1.165, 1.54) is 12.3 Å². The van der Waals surface area contributed by atoms with Gasteiger partial charge in [0.05, 0.1) is 19.4 Å². The highest BCUT2D eigenvalue weighted by atomic mass is 16.5. The molecule has 3 heterocycles. The van der Waals surface area contributed by atoms with Crippen molar-refractivity contribution in [2.45, 2.75) is 25.9 Å². The minimum absolute atomic E-state index is 0.102. The van der Waals surface area contributed by atoms with Crippen LogP contribution in [0.3, 0.4) is 0 Å². The van der Waals surface area contributed by atoms with Gasteiger partial charge in [0, 0.05) is 36.8 Å². The molecule has 1 aromatic heterocycles. The first-order valence-electron chi connectivity index (χ1n) is 11.0. The van der Waals surface area contributed by atoms with Crippen LogP contribution in [0.2, 0.25) is 0 Å². The molecule has 2 saturated heterocycles. The lowest BCUT2D eigenvalue weighted by Crippen LogP contribution is -2.42. The van der Waals surface area contributed by atoms with Crippen molar-refractivity contribution >= 4 is 17.6 Å². The molecule has 10 heteroatoms. The second kappa shape index (κ2) is 10.3. The summed E-state index contributed by atoms with van der Waals surface area (Å²) < 4.78 is 17.2. The number of allylic oxidation sites excluding steroid dienone is 1. The van der Waals surface area contributed by atoms with Crippen LogP contribution < -0.4 is 20.5 Å². The maximum absolute atomic E-state index is 12.7. The number of nitrogens with zero attached hydrogens (tertiary/aromatic N) is 2. The van der Waals surface area contributed by atoms with Crippen LogP contribution in [-0.4, -0.2) is 59.9 Å². The third kappa shape index (κ3) is 5.90. The highest BCUT2D eigenvalue weighted by Crippen LogP contribution is 2.29. The Morgan fingerprint density at radius 2 is 2.03 bits per heavy atom. The molecular formula is C24H27N5O5. The van der Waals surface area contributed by atoms with Gasteiger partial charge in [-0.3, -0.25) is 15.0 Å². The van der Waals surface area contributed by atoms with E-state index in [2.05, 4.69) is 10.3 Å². The second-order valence-electron chi connectivity index (χ2n) is 8.18. The number of amides is 2. The maximum Gasteiger partial charge on any atom is 0.272 e. The molecule has 0 saturated carbocycles. The number of nitrogens with one attached hydrogen (secondary N) is 2. The number of rotatable bonds is 7. The zero-order valence-corrected chi connectivity index (χ0v) is 18.9. The molecule has 0 bridgehead atoms. The van der Waals surface area contributed by atoms with Crippen molar-refractivity contribution in [2.24, 2.45) is 5.73 Å². The highest BCUT2D eigenvalue weighted by molar-refractivity contribution is 6.09. The van der Waals surface area contributed by atoms with E-state index < -0.39 is 5.91 Å². The van der Waals surface area contributed by atoms with E-state index in [-0.39, 0.29) is 23.4 Å². The molecule has 2 aliphatic rings. The highest BCUT2D eigenvalue weighted by Gasteiger charge is 2.23. The van der Waals surface area contributed by atoms with Crippen LogP contribution in [0.4, 0.5) is 0 Å². The monoisotopic (exact) mass is 465 g/mol. The lowest BCUT2D eigenvalue weighted by atomic mass is 10.1. The summed E-state index contributed by atoms with van der Waals surface area (Å²) in [6.45, 7) is 4.21. The van der Waals surface area contributed by atoms with Gasteiger partial charge in [0.25, 0.3) is 11.8 Å². The van der Waals surface area contributed by atoms with Gasteiger partial charge in [0.15, 0.2) is 0 Å². The Morgan fingerprint density at radius 3 is 2.65 bits per heavy atom. The number of carbonyl (C=O) groups excluding carboxylic acids is 2. The van der Waals surface area contributed by atoms with E-state index >= 15 is 0 Å². The predicted molar refractivity (Wildman–Crippen MR) is 124 cm³/mol. The van der Waals surface area contributed by atoms with Gasteiger partial charge in [-0.05, 0) is 43.7 Å². The molecule has 0 aliphatic carbocycles. The molecule has 2 aromatic rings. The SMILES string of the molecule is C/C(N)=C/C(=N)NC(=O)c1cc(Oc2ccc(C(=O)N3CCC3)nc2)cc(OC2CCOC2)c1. The van der Waals surface area contributed by atoms with Crippen LogP contribution >= 0.6 is 0 Å². The van der Waals surface area contributed by atoms with Crippen LogP contribution in [0, 0.1) is 5.41 Å². The smallest absolute Gasteiger partial charge is 0.272 e. The topological polar surface area (TPSA) is 140 Å². The molecule has 0 radical (unpaired) electrons. The van der Waals surface area contributed by atoms with Crippen LogP contribution in [0.25, 0.3) is 0 Å². The number of amidine groups is 1. The standard InChI is InChI=1S/C24H27N5O5/c1-15(25)9-22(26)28-23(30)16-10-19(12-20(11-16)34-18-5-8-32-14-18)33-17-3-4-21(27-13-17)24(31)29-6-2-7-29/h3-4,9-13,18H,2,5-8,14,25H2,1H3,(H2,26,28,30)/b15-9-. The average Bonchev–Trinajstić information content (AvgIpc) is 3.25. The van der Waals surface area contributed by atoms with Gasteiger partial charge in [0.2, 0.25) is 0 Å². The summed E-state index contributed by atoms with van der Waals surface area (Å²) in [6.07, 6.45) is 4.45. The Morgan fingerprint density at radius 1 is 1.24 bits per heavy atom. The zero-order chi connectivity index (χ0) is 24.1. The number of pyridine rings is 1. The molecule has 4 N–H and O–H groups in total. The minimum atomic E-state index is -0.505. The Balaban J connectivity index is 1.53. The summed E-state index contributed by atoms with van der Waals surface area (Å²) >= 11 is 0. The first-order valence-corrected chi connectivity index (χ1v) is 11.0. The van der Waals surface area contributed by atoms with Gasteiger partial charge < -0.3 is 30.2 Å². The first kappa shape index (κ1) is 23.2. The van der Waals surface area contributed by atoms with Gasteiger partial charge in [-0.25, -0.2) is 4.98 Å². The van der Waals surface area contributed by atoms with Gasteiger partial charge in [-0.1, -0.05) is 0 Å². The number of aromatic nitrogens is 1. The van der Waals surface area contributed by atoms with Crippen molar-refractivity contribution in [1.82, 2.24) is 15.2 Å². The van der Waals surface area contributed by atoms with Crippen LogP contribution in [0.5, 0.6) is 17.2 Å². The molecule has 178 valence electrons. The summed E-state index contributed by atoms with van der Waals surface area (Å²) in [4.78, 5) is 31.0. The number of likely N-dealkylation sites (tertiary alicyclic amines) is 1. The number of carbonyl (C=O) groups is 2. The minimum Gasteiger partial charge on any atom is -0.488 e. The quantitative estimate of drug-likeness (QED) is 0.421. The van der Waals surface area contributed by atoms with Crippen LogP contribution in [0.15, 0.2) is 48.3 Å². The first-order chi connectivity index (χ1) is 16.4. The molecule has 4 rings (SSSR count). The summed E-state index contributed by atoms with van der Waals surface area (Å²) in [5, 5.41) is 10.3. The Kier molecular flexibility index (Phi) is 7.07. The molecule has 1 unspecified atom stereocenters. The molecule has 2 amide bonds. The third-order valence-corrected chi connectivity index (χ3v) is 5.29. The third-order valence-electron chi connectivity index (χ3n) is 5.29. The lowest BCUT2D eigenvalue weighted by molar-refractivity contribution is 0.0645. The maximum atomic E-state index is 12.7. The molecule has 2 fully saturated rings. The van der Waals surface area contributed by atoms with E-state index in [9.17, 15) is 9.59 Å². The van der Waals surface area contributed by atoms with Gasteiger partial charge in [0.1, 0.15) is 34.9 Å². The number of hydrogen-bond donors (Lipinski definition) is 3. The predicted octanol–water partition coefficient (Wildman–Crippen LogP) is 2.46. The van der Waals surface area contributed by atoms with Crippen molar-refractivity contribution < 1.29 is 23.8 Å². The van der Waals surface area contributed by atoms with Crippen molar-refractivity contribution in [1.29, 1.82) is 5.41 Å². The van der Waals surface area contributed by atoms with Crippen LogP contribution in [-0.2, 0) is 4.74 Å². The summed E-state index contributed by atoms with van der Waals surface area (Å²) in [6, 6.07) is 8.06. The fourth-order valence-corrected chi connectivity index (χ4v) is 3.47. The zero-order valence-electron chi connectivity index (χ0n) is 18.9.